The summed E-state index contributed by atoms with van der Waals surface area (Å²) in [5, 5.41) is 9.41. The number of phenolic OH excluding ortho intramolecular Hbond substituents is 1. The summed E-state index contributed by atoms with van der Waals surface area (Å²) in [7, 11) is 0. The molecule has 1 aromatic carbocycles. The van der Waals surface area contributed by atoms with Gasteiger partial charge in [0.1, 0.15) is 5.75 Å². The fraction of sp³-hybridized carbons (Fsp3) is 0.417. The van der Waals surface area contributed by atoms with Crippen molar-refractivity contribution in [3.63, 3.8) is 0 Å². The number of carbonyl (C=O) groups is 1. The third-order valence-corrected chi connectivity index (χ3v) is 2.29. The van der Waals surface area contributed by atoms with Crippen LogP contribution in [0.5, 0.6) is 5.75 Å². The van der Waals surface area contributed by atoms with Crippen LogP contribution in [0.15, 0.2) is 18.2 Å². The average molecular weight is 223 g/mol. The molecular weight excluding hydrogens is 206 g/mol. The molecule has 1 aromatic rings. The molecule has 0 aliphatic carbocycles. The Labute approximate surface area is 95.5 Å². The van der Waals surface area contributed by atoms with Crippen molar-refractivity contribution in [1.29, 1.82) is 0 Å². The number of aryl methyl sites for hydroxylation is 1. The molecule has 1 rings (SSSR count). The van der Waals surface area contributed by atoms with E-state index in [0.29, 0.717) is 18.8 Å². The van der Waals surface area contributed by atoms with Gasteiger partial charge in [-0.15, -0.1) is 0 Å². The van der Waals surface area contributed by atoms with Crippen LogP contribution in [0.25, 0.3) is 0 Å². The number of amides is 1. The summed E-state index contributed by atoms with van der Waals surface area (Å²) in [5.74, 6) is 0.142. The number of phenols is 1. The van der Waals surface area contributed by atoms with Crippen molar-refractivity contribution < 1.29 is 14.6 Å². The van der Waals surface area contributed by atoms with Gasteiger partial charge in [-0.3, -0.25) is 4.90 Å². The summed E-state index contributed by atoms with van der Waals surface area (Å²) >= 11 is 0. The van der Waals surface area contributed by atoms with Gasteiger partial charge in [0.05, 0.1) is 12.3 Å². The Hall–Kier alpha value is -1.71. The number of ether oxygens (including phenoxy) is 1. The molecule has 4 nitrogen and oxygen atoms in total. The zero-order valence-corrected chi connectivity index (χ0v) is 9.86. The van der Waals surface area contributed by atoms with Crippen LogP contribution in [0.1, 0.15) is 19.4 Å². The van der Waals surface area contributed by atoms with Gasteiger partial charge < -0.3 is 9.84 Å². The predicted octanol–water partition coefficient (Wildman–Crippen LogP) is 2.68. The third kappa shape index (κ3) is 2.66. The fourth-order valence-corrected chi connectivity index (χ4v) is 1.49. The zero-order valence-electron chi connectivity index (χ0n) is 9.86. The highest BCUT2D eigenvalue weighted by Gasteiger charge is 2.16. The first-order valence-corrected chi connectivity index (χ1v) is 5.34. The van der Waals surface area contributed by atoms with Crippen molar-refractivity contribution in [2.75, 3.05) is 18.1 Å². The van der Waals surface area contributed by atoms with Gasteiger partial charge in [0, 0.05) is 12.6 Å². The van der Waals surface area contributed by atoms with Crippen molar-refractivity contribution >= 4 is 11.8 Å². The van der Waals surface area contributed by atoms with E-state index < -0.39 is 6.09 Å². The second kappa shape index (κ2) is 5.39. The predicted molar refractivity (Wildman–Crippen MR) is 62.9 cm³/mol. The molecule has 0 atom stereocenters. The average Bonchev–Trinajstić information content (AvgIpc) is 2.24. The SMILES string of the molecule is CCOC(=O)N(CC)c1cc(O)ccc1C. The van der Waals surface area contributed by atoms with Crippen LogP contribution in [-0.2, 0) is 4.74 Å². The van der Waals surface area contributed by atoms with E-state index in [-0.39, 0.29) is 5.75 Å². The smallest absolute Gasteiger partial charge is 0.414 e. The van der Waals surface area contributed by atoms with Crippen LogP contribution in [0, 0.1) is 6.92 Å². The molecule has 0 unspecified atom stereocenters. The monoisotopic (exact) mass is 223 g/mol. The van der Waals surface area contributed by atoms with E-state index in [9.17, 15) is 9.90 Å². The maximum Gasteiger partial charge on any atom is 0.414 e. The van der Waals surface area contributed by atoms with Gasteiger partial charge in [0.25, 0.3) is 0 Å². The van der Waals surface area contributed by atoms with E-state index >= 15 is 0 Å². The lowest BCUT2D eigenvalue weighted by molar-refractivity contribution is 0.160. The van der Waals surface area contributed by atoms with Gasteiger partial charge >= 0.3 is 6.09 Å². The molecule has 0 heterocycles. The molecule has 0 fully saturated rings. The number of benzene rings is 1. The Kier molecular flexibility index (Phi) is 4.17. The van der Waals surface area contributed by atoms with Gasteiger partial charge in [-0.1, -0.05) is 6.07 Å². The molecule has 1 amide bonds. The Balaban J connectivity index is 3.03. The zero-order chi connectivity index (χ0) is 12.1. The lowest BCUT2D eigenvalue weighted by Crippen LogP contribution is -2.31. The van der Waals surface area contributed by atoms with Crippen molar-refractivity contribution in [3.8, 4) is 5.75 Å². The minimum atomic E-state index is -0.390. The standard InChI is InChI=1S/C12H17NO3/c1-4-13(12(15)16-5-2)11-8-10(14)7-6-9(11)3/h6-8,14H,4-5H2,1-3H3. The van der Waals surface area contributed by atoms with Crippen LogP contribution in [-0.4, -0.2) is 24.4 Å². The molecular formula is C12H17NO3. The van der Waals surface area contributed by atoms with Gasteiger partial charge in [-0.25, -0.2) is 4.79 Å². The molecule has 0 aliphatic heterocycles. The lowest BCUT2D eigenvalue weighted by atomic mass is 10.2. The topological polar surface area (TPSA) is 49.8 Å². The first-order valence-electron chi connectivity index (χ1n) is 5.34. The van der Waals surface area contributed by atoms with Crippen LogP contribution >= 0.6 is 0 Å². The van der Waals surface area contributed by atoms with Gasteiger partial charge in [-0.05, 0) is 32.4 Å². The molecule has 4 heteroatoms. The number of aromatic hydroxyl groups is 1. The Bertz CT molecular complexity index is 377. The molecule has 0 saturated carbocycles. The minimum Gasteiger partial charge on any atom is -0.508 e. The summed E-state index contributed by atoms with van der Waals surface area (Å²) in [4.78, 5) is 13.2. The second-order valence-electron chi connectivity index (χ2n) is 3.41. The Morgan fingerprint density at radius 2 is 2.12 bits per heavy atom. The minimum absolute atomic E-state index is 0.142. The van der Waals surface area contributed by atoms with E-state index in [2.05, 4.69) is 0 Å². The van der Waals surface area contributed by atoms with E-state index in [0.717, 1.165) is 5.56 Å². The number of nitrogens with zero attached hydrogens (tertiary/aromatic N) is 1. The normalized spacial score (nSPS) is 9.94. The van der Waals surface area contributed by atoms with E-state index in [1.165, 1.54) is 4.90 Å². The number of hydrogen-bond acceptors (Lipinski definition) is 3. The summed E-state index contributed by atoms with van der Waals surface area (Å²) in [5.41, 5.74) is 1.61. The maximum absolute atomic E-state index is 11.7. The summed E-state index contributed by atoms with van der Waals surface area (Å²) < 4.78 is 4.95. The van der Waals surface area contributed by atoms with Crippen LogP contribution < -0.4 is 4.90 Å². The molecule has 1 N–H and O–H groups in total. The molecule has 0 spiro atoms. The highest BCUT2D eigenvalue weighted by molar-refractivity contribution is 5.88. The van der Waals surface area contributed by atoms with Crippen molar-refractivity contribution in [2.45, 2.75) is 20.8 Å². The fourth-order valence-electron chi connectivity index (χ4n) is 1.49. The van der Waals surface area contributed by atoms with Gasteiger partial charge in [-0.2, -0.15) is 0 Å². The van der Waals surface area contributed by atoms with Crippen molar-refractivity contribution in [2.24, 2.45) is 0 Å². The number of hydrogen-bond donors (Lipinski definition) is 1. The highest BCUT2D eigenvalue weighted by Crippen LogP contribution is 2.25. The van der Waals surface area contributed by atoms with Crippen molar-refractivity contribution in [3.05, 3.63) is 23.8 Å². The third-order valence-electron chi connectivity index (χ3n) is 2.29. The molecule has 16 heavy (non-hydrogen) atoms. The quantitative estimate of drug-likeness (QED) is 0.857. The molecule has 0 radical (unpaired) electrons. The van der Waals surface area contributed by atoms with Crippen LogP contribution in [0.2, 0.25) is 0 Å². The second-order valence-corrected chi connectivity index (χ2v) is 3.41. The van der Waals surface area contributed by atoms with E-state index in [1.54, 1.807) is 25.1 Å². The Morgan fingerprint density at radius 3 is 2.69 bits per heavy atom. The lowest BCUT2D eigenvalue weighted by Gasteiger charge is -2.22. The molecule has 0 aromatic heterocycles. The van der Waals surface area contributed by atoms with Crippen molar-refractivity contribution in [1.82, 2.24) is 0 Å². The maximum atomic E-state index is 11.7. The van der Waals surface area contributed by atoms with E-state index in [4.69, 9.17) is 4.74 Å². The molecule has 0 aliphatic rings. The van der Waals surface area contributed by atoms with Gasteiger partial charge in [0.2, 0.25) is 0 Å². The largest absolute Gasteiger partial charge is 0.508 e. The number of rotatable bonds is 3. The highest BCUT2D eigenvalue weighted by atomic mass is 16.6. The van der Waals surface area contributed by atoms with E-state index in [1.807, 2.05) is 13.8 Å². The van der Waals surface area contributed by atoms with Crippen LogP contribution in [0.4, 0.5) is 10.5 Å². The summed E-state index contributed by atoms with van der Waals surface area (Å²) in [6.45, 7) is 6.36. The molecule has 0 saturated heterocycles. The first kappa shape index (κ1) is 12.4. The molecule has 0 bridgehead atoms. The number of carbonyl (C=O) groups excluding carboxylic acids is 1. The summed E-state index contributed by atoms with van der Waals surface area (Å²) in [6, 6.07) is 4.93. The number of anilines is 1. The first-order chi connectivity index (χ1) is 7.60. The van der Waals surface area contributed by atoms with Gasteiger partial charge in [0.15, 0.2) is 0 Å². The Morgan fingerprint density at radius 1 is 1.44 bits per heavy atom. The summed E-state index contributed by atoms with van der Waals surface area (Å²) in [6.07, 6.45) is -0.390. The molecule has 88 valence electrons. The van der Waals surface area contributed by atoms with Crippen LogP contribution in [0.3, 0.4) is 0 Å².